The van der Waals surface area contributed by atoms with Gasteiger partial charge in [-0.25, -0.2) is 0 Å². The summed E-state index contributed by atoms with van der Waals surface area (Å²) in [6.07, 6.45) is 5.52. The minimum Gasteiger partial charge on any atom is -0.378 e. The van der Waals surface area contributed by atoms with Crippen molar-refractivity contribution in [2.24, 2.45) is 0 Å². The molecule has 0 unspecified atom stereocenters. The molecular formula is C16H21NO2. The molecule has 3 nitrogen and oxygen atoms in total. The summed E-state index contributed by atoms with van der Waals surface area (Å²) in [5.74, 6) is 0. The molecule has 0 atom stereocenters. The first-order valence-corrected chi connectivity index (χ1v) is 7.24. The van der Waals surface area contributed by atoms with E-state index in [1.165, 1.54) is 30.4 Å². The van der Waals surface area contributed by atoms with Gasteiger partial charge in [0.1, 0.15) is 6.29 Å². The van der Waals surface area contributed by atoms with Crippen LogP contribution in [-0.2, 0) is 14.9 Å². The number of rotatable bonds is 3. The van der Waals surface area contributed by atoms with Gasteiger partial charge in [-0.3, -0.25) is 0 Å². The van der Waals surface area contributed by atoms with Crippen LogP contribution in [0.25, 0.3) is 0 Å². The van der Waals surface area contributed by atoms with Gasteiger partial charge in [0.05, 0.1) is 18.6 Å². The van der Waals surface area contributed by atoms with E-state index in [1.54, 1.807) is 0 Å². The second-order valence-electron chi connectivity index (χ2n) is 5.63. The highest BCUT2D eigenvalue weighted by molar-refractivity contribution is 5.70. The summed E-state index contributed by atoms with van der Waals surface area (Å²) < 4.78 is 5.39. The third-order valence-electron chi connectivity index (χ3n) is 4.52. The molecule has 19 heavy (non-hydrogen) atoms. The Morgan fingerprint density at radius 2 is 1.89 bits per heavy atom. The molecule has 0 aromatic heterocycles. The quantitative estimate of drug-likeness (QED) is 0.781. The fourth-order valence-electron chi connectivity index (χ4n) is 3.31. The van der Waals surface area contributed by atoms with Gasteiger partial charge in [0.25, 0.3) is 0 Å². The summed E-state index contributed by atoms with van der Waals surface area (Å²) in [6, 6.07) is 8.56. The minimum atomic E-state index is -0.220. The second-order valence-corrected chi connectivity index (χ2v) is 5.63. The number of hydrogen-bond donors (Lipinski definition) is 0. The highest BCUT2D eigenvalue weighted by Gasteiger charge is 2.35. The van der Waals surface area contributed by atoms with E-state index in [0.717, 1.165) is 39.1 Å². The zero-order valence-electron chi connectivity index (χ0n) is 11.3. The van der Waals surface area contributed by atoms with E-state index in [4.69, 9.17) is 4.74 Å². The van der Waals surface area contributed by atoms with Crippen molar-refractivity contribution in [3.8, 4) is 0 Å². The lowest BCUT2D eigenvalue weighted by atomic mass is 9.80. The normalized spacial score (nSPS) is 22.4. The Hall–Kier alpha value is -1.35. The first-order valence-electron chi connectivity index (χ1n) is 7.24. The Labute approximate surface area is 114 Å². The molecule has 2 fully saturated rings. The third kappa shape index (κ3) is 2.39. The number of nitrogens with zero attached hydrogens (tertiary/aromatic N) is 1. The van der Waals surface area contributed by atoms with Crippen LogP contribution in [0.5, 0.6) is 0 Å². The van der Waals surface area contributed by atoms with Gasteiger partial charge in [0.15, 0.2) is 0 Å². The molecule has 2 aliphatic rings. The molecule has 1 aliphatic carbocycles. The molecule has 1 aliphatic heterocycles. The van der Waals surface area contributed by atoms with Gasteiger partial charge in [-0.1, -0.05) is 25.0 Å². The van der Waals surface area contributed by atoms with Gasteiger partial charge < -0.3 is 14.4 Å². The van der Waals surface area contributed by atoms with Crippen molar-refractivity contribution in [1.29, 1.82) is 0 Å². The van der Waals surface area contributed by atoms with Gasteiger partial charge in [0, 0.05) is 18.8 Å². The number of aldehydes is 1. The van der Waals surface area contributed by atoms with Crippen molar-refractivity contribution < 1.29 is 9.53 Å². The van der Waals surface area contributed by atoms with E-state index in [1.807, 2.05) is 0 Å². The number of anilines is 1. The molecule has 1 heterocycles. The summed E-state index contributed by atoms with van der Waals surface area (Å²) >= 11 is 0. The van der Waals surface area contributed by atoms with Gasteiger partial charge in [-0.2, -0.15) is 0 Å². The fourth-order valence-corrected chi connectivity index (χ4v) is 3.31. The lowest BCUT2D eigenvalue weighted by molar-refractivity contribution is -0.112. The molecule has 3 rings (SSSR count). The SMILES string of the molecule is O=CC1(c2cccc(N3CCOCC3)c2)CCCC1. The van der Waals surface area contributed by atoms with Crippen molar-refractivity contribution >= 4 is 12.0 Å². The third-order valence-corrected chi connectivity index (χ3v) is 4.52. The molecule has 0 spiro atoms. The number of ether oxygens (including phenoxy) is 1. The Morgan fingerprint density at radius 1 is 1.16 bits per heavy atom. The van der Waals surface area contributed by atoms with Crippen LogP contribution in [0.1, 0.15) is 31.2 Å². The Morgan fingerprint density at radius 3 is 2.58 bits per heavy atom. The maximum absolute atomic E-state index is 11.6. The highest BCUT2D eigenvalue weighted by Crippen LogP contribution is 2.40. The first kappa shape index (κ1) is 12.7. The first-order chi connectivity index (χ1) is 9.34. The fraction of sp³-hybridized carbons (Fsp3) is 0.562. The highest BCUT2D eigenvalue weighted by atomic mass is 16.5. The maximum atomic E-state index is 11.6. The molecule has 0 N–H and O–H groups in total. The van der Waals surface area contributed by atoms with E-state index in [9.17, 15) is 4.79 Å². The Balaban J connectivity index is 1.88. The summed E-state index contributed by atoms with van der Waals surface area (Å²) in [7, 11) is 0. The van der Waals surface area contributed by atoms with Crippen molar-refractivity contribution in [1.82, 2.24) is 0 Å². The molecule has 0 radical (unpaired) electrons. The maximum Gasteiger partial charge on any atom is 0.130 e. The molecule has 0 bridgehead atoms. The number of carbonyl (C=O) groups is 1. The molecule has 1 aromatic rings. The van der Waals surface area contributed by atoms with Crippen LogP contribution < -0.4 is 4.90 Å². The number of morpholine rings is 1. The summed E-state index contributed by atoms with van der Waals surface area (Å²) in [5.41, 5.74) is 2.21. The average molecular weight is 259 g/mol. The zero-order chi connectivity index (χ0) is 13.1. The summed E-state index contributed by atoms with van der Waals surface area (Å²) in [6.45, 7) is 3.47. The predicted molar refractivity (Wildman–Crippen MR) is 75.7 cm³/mol. The monoisotopic (exact) mass is 259 g/mol. The van der Waals surface area contributed by atoms with Crippen LogP contribution in [0.2, 0.25) is 0 Å². The van der Waals surface area contributed by atoms with Crippen LogP contribution in [0.3, 0.4) is 0 Å². The zero-order valence-corrected chi connectivity index (χ0v) is 11.3. The van der Waals surface area contributed by atoms with Gasteiger partial charge >= 0.3 is 0 Å². The number of hydrogen-bond acceptors (Lipinski definition) is 3. The molecule has 1 saturated heterocycles. The molecule has 1 saturated carbocycles. The van der Waals surface area contributed by atoms with E-state index >= 15 is 0 Å². The Kier molecular flexibility index (Phi) is 3.56. The molecule has 102 valence electrons. The van der Waals surface area contributed by atoms with Crippen LogP contribution in [0, 0.1) is 0 Å². The molecule has 3 heteroatoms. The van der Waals surface area contributed by atoms with E-state index in [2.05, 4.69) is 29.2 Å². The van der Waals surface area contributed by atoms with E-state index < -0.39 is 0 Å². The molecule has 0 amide bonds. The van der Waals surface area contributed by atoms with Crippen molar-refractivity contribution in [2.45, 2.75) is 31.1 Å². The van der Waals surface area contributed by atoms with Crippen molar-refractivity contribution in [2.75, 3.05) is 31.2 Å². The van der Waals surface area contributed by atoms with Crippen LogP contribution in [-0.4, -0.2) is 32.6 Å². The van der Waals surface area contributed by atoms with Gasteiger partial charge in [-0.05, 0) is 30.5 Å². The van der Waals surface area contributed by atoms with Crippen LogP contribution in [0.15, 0.2) is 24.3 Å². The van der Waals surface area contributed by atoms with Crippen LogP contribution >= 0.6 is 0 Å². The van der Waals surface area contributed by atoms with Crippen molar-refractivity contribution in [3.63, 3.8) is 0 Å². The molecule has 1 aromatic carbocycles. The average Bonchev–Trinajstić information content (AvgIpc) is 2.98. The van der Waals surface area contributed by atoms with Crippen molar-refractivity contribution in [3.05, 3.63) is 29.8 Å². The predicted octanol–water partition coefficient (Wildman–Crippen LogP) is 2.53. The summed E-state index contributed by atoms with van der Waals surface area (Å²) in [4.78, 5) is 13.9. The second kappa shape index (κ2) is 5.33. The van der Waals surface area contributed by atoms with Crippen LogP contribution in [0.4, 0.5) is 5.69 Å². The van der Waals surface area contributed by atoms with E-state index in [-0.39, 0.29) is 5.41 Å². The smallest absolute Gasteiger partial charge is 0.130 e. The Bertz CT molecular complexity index is 446. The largest absolute Gasteiger partial charge is 0.378 e. The standard InChI is InChI=1S/C16H21NO2/c18-13-16(6-1-2-7-16)14-4-3-5-15(12-14)17-8-10-19-11-9-17/h3-5,12-13H,1-2,6-11H2. The topological polar surface area (TPSA) is 29.5 Å². The minimum absolute atomic E-state index is 0.220. The summed E-state index contributed by atoms with van der Waals surface area (Å²) in [5, 5.41) is 0. The van der Waals surface area contributed by atoms with Gasteiger partial charge in [-0.15, -0.1) is 0 Å². The van der Waals surface area contributed by atoms with Gasteiger partial charge in [0.2, 0.25) is 0 Å². The number of benzene rings is 1. The molecular weight excluding hydrogens is 238 g/mol. The van der Waals surface area contributed by atoms with E-state index in [0.29, 0.717) is 0 Å². The number of carbonyl (C=O) groups excluding carboxylic acids is 1. The lowest BCUT2D eigenvalue weighted by Crippen LogP contribution is -2.36. The lowest BCUT2D eigenvalue weighted by Gasteiger charge is -2.30.